The Morgan fingerprint density at radius 2 is 1.86 bits per heavy atom. The van der Waals surface area contributed by atoms with Crippen molar-refractivity contribution in [2.24, 2.45) is 0 Å². The fourth-order valence-corrected chi connectivity index (χ4v) is 2.95. The van der Waals surface area contributed by atoms with Crippen LogP contribution in [0.2, 0.25) is 0 Å². The Balaban J connectivity index is 1.45. The van der Waals surface area contributed by atoms with Gasteiger partial charge in [0.2, 0.25) is 5.89 Å². The molecule has 0 spiro atoms. The smallest absolute Gasteiger partial charge is 0.262 e. The van der Waals surface area contributed by atoms with Crippen LogP contribution in [-0.4, -0.2) is 17.5 Å². The van der Waals surface area contributed by atoms with E-state index in [2.05, 4.69) is 10.3 Å². The van der Waals surface area contributed by atoms with Crippen LogP contribution in [-0.2, 0) is 4.79 Å². The number of oxazole rings is 1. The highest BCUT2D eigenvalue weighted by Crippen LogP contribution is 2.26. The molecule has 5 heteroatoms. The van der Waals surface area contributed by atoms with Crippen molar-refractivity contribution in [2.45, 2.75) is 13.8 Å². The first-order valence-electron chi connectivity index (χ1n) is 9.05. The van der Waals surface area contributed by atoms with Gasteiger partial charge in [-0.1, -0.05) is 30.3 Å². The van der Waals surface area contributed by atoms with Crippen LogP contribution in [0.25, 0.3) is 22.6 Å². The normalized spacial score (nSPS) is 10.8. The first-order valence-corrected chi connectivity index (χ1v) is 9.05. The van der Waals surface area contributed by atoms with Gasteiger partial charge in [-0.05, 0) is 61.4 Å². The Kier molecular flexibility index (Phi) is 4.81. The molecular weight excluding hydrogens is 352 g/mol. The van der Waals surface area contributed by atoms with E-state index in [0.717, 1.165) is 33.5 Å². The molecular formula is C23H20N2O3. The molecule has 0 aliphatic heterocycles. The maximum absolute atomic E-state index is 12.3. The summed E-state index contributed by atoms with van der Waals surface area (Å²) in [6.45, 7) is 3.93. The molecule has 1 aromatic heterocycles. The van der Waals surface area contributed by atoms with E-state index in [9.17, 15) is 4.79 Å². The van der Waals surface area contributed by atoms with E-state index in [1.54, 1.807) is 0 Å². The summed E-state index contributed by atoms with van der Waals surface area (Å²) in [4.78, 5) is 16.8. The minimum atomic E-state index is -0.226. The summed E-state index contributed by atoms with van der Waals surface area (Å²) in [6, 6.07) is 20.8. The van der Waals surface area contributed by atoms with Gasteiger partial charge >= 0.3 is 0 Å². The predicted octanol–water partition coefficient (Wildman–Crippen LogP) is 5.13. The Morgan fingerprint density at radius 1 is 1.04 bits per heavy atom. The van der Waals surface area contributed by atoms with E-state index in [1.165, 1.54) is 0 Å². The summed E-state index contributed by atoms with van der Waals surface area (Å²) < 4.78 is 11.5. The first kappa shape index (κ1) is 17.8. The molecule has 0 atom stereocenters. The number of nitrogens with one attached hydrogen (secondary N) is 1. The molecule has 0 aliphatic rings. The van der Waals surface area contributed by atoms with Crippen LogP contribution in [0.5, 0.6) is 5.75 Å². The van der Waals surface area contributed by atoms with Crippen LogP contribution in [0.15, 0.2) is 71.1 Å². The SMILES string of the molecule is Cc1cccc(OCC(=O)Nc2cccc(-c3nc4ccccc4o3)c2)c1C. The van der Waals surface area contributed by atoms with Crippen LogP contribution >= 0.6 is 0 Å². The molecule has 4 aromatic rings. The number of carbonyl (C=O) groups excluding carboxylic acids is 1. The summed E-state index contributed by atoms with van der Waals surface area (Å²) >= 11 is 0. The van der Waals surface area contributed by atoms with Crippen molar-refractivity contribution in [3.05, 3.63) is 77.9 Å². The molecule has 0 aliphatic carbocycles. The summed E-state index contributed by atoms with van der Waals surface area (Å²) in [6.07, 6.45) is 0. The number of amides is 1. The number of anilines is 1. The van der Waals surface area contributed by atoms with Gasteiger partial charge in [-0.25, -0.2) is 4.98 Å². The highest BCUT2D eigenvalue weighted by molar-refractivity contribution is 5.92. The lowest BCUT2D eigenvalue weighted by Crippen LogP contribution is -2.20. The topological polar surface area (TPSA) is 64.4 Å². The van der Waals surface area contributed by atoms with E-state index in [4.69, 9.17) is 9.15 Å². The second-order valence-corrected chi connectivity index (χ2v) is 6.60. The standard InChI is InChI=1S/C23H20N2O3/c1-15-7-5-12-20(16(15)2)27-14-22(26)24-18-9-6-8-17(13-18)23-25-19-10-3-4-11-21(19)28-23/h3-13H,14H2,1-2H3,(H,24,26). The highest BCUT2D eigenvalue weighted by atomic mass is 16.5. The van der Waals surface area contributed by atoms with Crippen molar-refractivity contribution in [1.29, 1.82) is 0 Å². The van der Waals surface area contributed by atoms with Gasteiger partial charge < -0.3 is 14.5 Å². The lowest BCUT2D eigenvalue weighted by atomic mass is 10.1. The van der Waals surface area contributed by atoms with Crippen molar-refractivity contribution in [3.8, 4) is 17.2 Å². The van der Waals surface area contributed by atoms with Gasteiger partial charge in [-0.15, -0.1) is 0 Å². The van der Waals surface area contributed by atoms with E-state index >= 15 is 0 Å². The minimum Gasteiger partial charge on any atom is -0.483 e. The quantitative estimate of drug-likeness (QED) is 0.527. The molecule has 0 radical (unpaired) electrons. The molecule has 0 unspecified atom stereocenters. The molecule has 0 saturated carbocycles. The molecule has 140 valence electrons. The van der Waals surface area contributed by atoms with Crippen LogP contribution in [0.4, 0.5) is 5.69 Å². The summed E-state index contributed by atoms with van der Waals surface area (Å²) in [5, 5.41) is 2.86. The van der Waals surface area contributed by atoms with Crippen molar-refractivity contribution in [3.63, 3.8) is 0 Å². The van der Waals surface area contributed by atoms with Crippen molar-refractivity contribution in [1.82, 2.24) is 4.98 Å². The number of fused-ring (bicyclic) bond motifs is 1. The molecule has 1 amide bonds. The number of hydrogen-bond acceptors (Lipinski definition) is 4. The van der Waals surface area contributed by atoms with Crippen LogP contribution in [0, 0.1) is 13.8 Å². The average Bonchev–Trinajstić information content (AvgIpc) is 3.14. The van der Waals surface area contributed by atoms with E-state index in [0.29, 0.717) is 11.6 Å². The molecule has 0 saturated heterocycles. The third-order valence-electron chi connectivity index (χ3n) is 4.60. The molecule has 1 heterocycles. The summed E-state index contributed by atoms with van der Waals surface area (Å²) in [7, 11) is 0. The highest BCUT2D eigenvalue weighted by Gasteiger charge is 2.10. The molecule has 1 N–H and O–H groups in total. The first-order chi connectivity index (χ1) is 13.6. The maximum Gasteiger partial charge on any atom is 0.262 e. The van der Waals surface area contributed by atoms with Crippen LogP contribution in [0.1, 0.15) is 11.1 Å². The van der Waals surface area contributed by atoms with Gasteiger partial charge in [0.1, 0.15) is 11.3 Å². The van der Waals surface area contributed by atoms with Gasteiger partial charge in [0, 0.05) is 11.3 Å². The second-order valence-electron chi connectivity index (χ2n) is 6.60. The van der Waals surface area contributed by atoms with Crippen molar-refractivity contribution < 1.29 is 13.9 Å². The lowest BCUT2D eigenvalue weighted by molar-refractivity contribution is -0.118. The molecule has 28 heavy (non-hydrogen) atoms. The molecule has 0 bridgehead atoms. The van der Waals surface area contributed by atoms with Crippen LogP contribution in [0.3, 0.4) is 0 Å². The fourth-order valence-electron chi connectivity index (χ4n) is 2.95. The number of nitrogens with zero attached hydrogens (tertiary/aromatic N) is 1. The van der Waals surface area contributed by atoms with E-state index in [1.807, 2.05) is 80.6 Å². The van der Waals surface area contributed by atoms with Gasteiger partial charge in [-0.2, -0.15) is 0 Å². The van der Waals surface area contributed by atoms with Gasteiger partial charge in [0.15, 0.2) is 12.2 Å². The third kappa shape index (κ3) is 3.74. The van der Waals surface area contributed by atoms with E-state index in [-0.39, 0.29) is 12.5 Å². The Labute approximate surface area is 163 Å². The monoisotopic (exact) mass is 372 g/mol. The van der Waals surface area contributed by atoms with E-state index < -0.39 is 0 Å². The minimum absolute atomic E-state index is 0.0581. The second kappa shape index (κ2) is 7.56. The number of ether oxygens (including phenoxy) is 1. The Morgan fingerprint density at radius 3 is 2.71 bits per heavy atom. The number of aromatic nitrogens is 1. The summed E-state index contributed by atoms with van der Waals surface area (Å²) in [5.74, 6) is 1.01. The van der Waals surface area contributed by atoms with Crippen LogP contribution < -0.4 is 10.1 Å². The molecule has 3 aromatic carbocycles. The zero-order valence-electron chi connectivity index (χ0n) is 15.7. The number of aryl methyl sites for hydroxylation is 1. The van der Waals surface area contributed by atoms with Gasteiger partial charge in [0.25, 0.3) is 5.91 Å². The molecule has 5 nitrogen and oxygen atoms in total. The Hall–Kier alpha value is -3.60. The number of rotatable bonds is 5. The molecule has 4 rings (SSSR count). The maximum atomic E-state index is 12.3. The van der Waals surface area contributed by atoms with Crippen molar-refractivity contribution in [2.75, 3.05) is 11.9 Å². The Bertz CT molecular complexity index is 1110. The van der Waals surface area contributed by atoms with Gasteiger partial charge in [0.05, 0.1) is 0 Å². The zero-order valence-corrected chi connectivity index (χ0v) is 15.7. The number of benzene rings is 3. The lowest BCUT2D eigenvalue weighted by Gasteiger charge is -2.11. The number of para-hydroxylation sites is 2. The number of hydrogen-bond donors (Lipinski definition) is 1. The largest absolute Gasteiger partial charge is 0.483 e. The average molecular weight is 372 g/mol. The zero-order chi connectivity index (χ0) is 19.5. The summed E-state index contributed by atoms with van der Waals surface area (Å²) in [5.41, 5.74) is 5.15. The predicted molar refractivity (Wildman–Crippen MR) is 109 cm³/mol. The molecule has 0 fully saturated rings. The van der Waals surface area contributed by atoms with Gasteiger partial charge in [-0.3, -0.25) is 4.79 Å². The third-order valence-corrected chi connectivity index (χ3v) is 4.60. The fraction of sp³-hybridized carbons (Fsp3) is 0.130. The van der Waals surface area contributed by atoms with Crippen molar-refractivity contribution >= 4 is 22.7 Å². The number of carbonyl (C=O) groups is 1.